The first-order chi connectivity index (χ1) is 9.38. The summed E-state index contributed by atoms with van der Waals surface area (Å²) in [5.74, 6) is -0.353. The van der Waals surface area contributed by atoms with Gasteiger partial charge in [-0.15, -0.1) is 0 Å². The van der Waals surface area contributed by atoms with E-state index in [2.05, 4.69) is 5.32 Å². The van der Waals surface area contributed by atoms with E-state index in [0.29, 0.717) is 6.54 Å². The Labute approximate surface area is 120 Å². The van der Waals surface area contributed by atoms with Gasteiger partial charge in [-0.05, 0) is 39.2 Å². The van der Waals surface area contributed by atoms with E-state index in [1.54, 1.807) is 25.1 Å². The summed E-state index contributed by atoms with van der Waals surface area (Å²) in [7, 11) is 0.540. The first kappa shape index (κ1) is 16.7. The highest BCUT2D eigenvalue weighted by molar-refractivity contribution is 7.91. The van der Waals surface area contributed by atoms with E-state index in [1.807, 2.05) is 19.0 Å². The summed E-state index contributed by atoms with van der Waals surface area (Å²) in [4.78, 5) is 14.2. The minimum absolute atomic E-state index is 0.0159. The lowest BCUT2D eigenvalue weighted by Crippen LogP contribution is -2.28. The molecule has 0 unspecified atom stereocenters. The van der Waals surface area contributed by atoms with E-state index in [-0.39, 0.29) is 22.1 Å². The van der Waals surface area contributed by atoms with Crippen LogP contribution in [0.15, 0.2) is 29.2 Å². The largest absolute Gasteiger partial charge is 0.352 e. The number of benzene rings is 1. The summed E-state index contributed by atoms with van der Waals surface area (Å²) in [5.41, 5.74) is 0.221. The summed E-state index contributed by atoms with van der Waals surface area (Å²) in [5, 5.41) is 2.76. The Hall–Kier alpha value is -1.40. The molecule has 1 rings (SSSR count). The van der Waals surface area contributed by atoms with Crippen LogP contribution < -0.4 is 5.32 Å². The quantitative estimate of drug-likeness (QED) is 0.767. The number of nitrogens with zero attached hydrogens (tertiary/aromatic N) is 1. The van der Waals surface area contributed by atoms with Gasteiger partial charge in [0.2, 0.25) is 0 Å². The maximum atomic E-state index is 12.1. The van der Waals surface area contributed by atoms with Crippen molar-refractivity contribution >= 4 is 15.7 Å². The van der Waals surface area contributed by atoms with Crippen molar-refractivity contribution in [3.05, 3.63) is 29.8 Å². The van der Waals surface area contributed by atoms with Gasteiger partial charge in [0, 0.05) is 6.54 Å². The molecule has 5 nitrogen and oxygen atoms in total. The Balaban J connectivity index is 2.79. The lowest BCUT2D eigenvalue weighted by molar-refractivity contribution is 0.0949. The highest BCUT2D eigenvalue weighted by atomic mass is 32.2. The zero-order chi connectivity index (χ0) is 15.2. The Morgan fingerprint density at radius 3 is 2.50 bits per heavy atom. The molecule has 0 atom stereocenters. The van der Waals surface area contributed by atoms with Crippen molar-refractivity contribution in [3.63, 3.8) is 0 Å². The zero-order valence-electron chi connectivity index (χ0n) is 12.2. The molecule has 0 aliphatic carbocycles. The van der Waals surface area contributed by atoms with Crippen molar-refractivity contribution in [2.75, 3.05) is 32.9 Å². The van der Waals surface area contributed by atoms with Crippen LogP contribution in [0.2, 0.25) is 0 Å². The van der Waals surface area contributed by atoms with Crippen LogP contribution >= 0.6 is 0 Å². The third-order valence-electron chi connectivity index (χ3n) is 2.91. The summed E-state index contributed by atoms with van der Waals surface area (Å²) in [6, 6.07) is 6.33. The molecule has 0 aliphatic heterocycles. The Morgan fingerprint density at radius 2 is 1.90 bits per heavy atom. The summed E-state index contributed by atoms with van der Waals surface area (Å²) >= 11 is 0. The van der Waals surface area contributed by atoms with Crippen molar-refractivity contribution in [3.8, 4) is 0 Å². The number of hydrogen-bond acceptors (Lipinski definition) is 4. The average Bonchev–Trinajstić information content (AvgIpc) is 2.43. The third-order valence-corrected chi connectivity index (χ3v) is 4.70. The summed E-state index contributed by atoms with van der Waals surface area (Å²) in [6.45, 7) is 2.97. The molecular formula is C14H22N2O3S. The fourth-order valence-electron chi connectivity index (χ4n) is 1.77. The topological polar surface area (TPSA) is 66.5 Å². The zero-order valence-corrected chi connectivity index (χ0v) is 13.0. The Bertz CT molecular complexity index is 553. The molecule has 1 aromatic carbocycles. The number of carbonyl (C=O) groups is 1. The van der Waals surface area contributed by atoms with Gasteiger partial charge in [-0.2, -0.15) is 0 Å². The minimum Gasteiger partial charge on any atom is -0.352 e. The van der Waals surface area contributed by atoms with Gasteiger partial charge < -0.3 is 10.2 Å². The number of carbonyl (C=O) groups excluding carboxylic acids is 1. The van der Waals surface area contributed by atoms with Crippen LogP contribution in [-0.4, -0.2) is 52.2 Å². The maximum Gasteiger partial charge on any atom is 0.252 e. The molecule has 0 aromatic heterocycles. The van der Waals surface area contributed by atoms with E-state index >= 15 is 0 Å². The second-order valence-electron chi connectivity index (χ2n) is 4.81. The monoisotopic (exact) mass is 298 g/mol. The first-order valence-electron chi connectivity index (χ1n) is 6.63. The van der Waals surface area contributed by atoms with Crippen LogP contribution in [0.3, 0.4) is 0 Å². The van der Waals surface area contributed by atoms with Gasteiger partial charge in [0.15, 0.2) is 9.84 Å². The summed E-state index contributed by atoms with van der Waals surface area (Å²) in [6.07, 6.45) is 0.821. The average molecular weight is 298 g/mol. The van der Waals surface area contributed by atoms with Crippen LogP contribution in [0.4, 0.5) is 0 Å². The van der Waals surface area contributed by atoms with Gasteiger partial charge in [-0.1, -0.05) is 19.1 Å². The van der Waals surface area contributed by atoms with Gasteiger partial charge in [0.05, 0.1) is 16.2 Å². The molecule has 0 fully saturated rings. The molecule has 20 heavy (non-hydrogen) atoms. The Morgan fingerprint density at radius 1 is 1.25 bits per heavy atom. The standard InChI is InChI=1S/C14H22N2O3S/c1-4-20(18,19)13-9-6-5-8-12(13)14(17)15-10-7-11-16(2)3/h5-6,8-9H,4,7,10-11H2,1-3H3,(H,15,17). The fraction of sp³-hybridized carbons (Fsp3) is 0.500. The highest BCUT2D eigenvalue weighted by Crippen LogP contribution is 2.16. The predicted molar refractivity (Wildman–Crippen MR) is 79.7 cm³/mol. The normalized spacial score (nSPS) is 11.6. The van der Waals surface area contributed by atoms with Crippen LogP contribution in [0.5, 0.6) is 0 Å². The molecule has 1 aromatic rings. The molecule has 1 amide bonds. The van der Waals surface area contributed by atoms with Crippen LogP contribution in [0.25, 0.3) is 0 Å². The lowest BCUT2D eigenvalue weighted by Gasteiger charge is -2.11. The molecule has 6 heteroatoms. The number of sulfone groups is 1. The molecular weight excluding hydrogens is 276 g/mol. The molecule has 0 spiro atoms. The van der Waals surface area contributed by atoms with Crippen molar-refractivity contribution in [2.45, 2.75) is 18.2 Å². The molecule has 0 heterocycles. The van der Waals surface area contributed by atoms with Crippen molar-refractivity contribution < 1.29 is 13.2 Å². The van der Waals surface area contributed by atoms with Crippen LogP contribution in [0, 0.1) is 0 Å². The van der Waals surface area contributed by atoms with Gasteiger partial charge in [-0.25, -0.2) is 8.42 Å². The van der Waals surface area contributed by atoms with Crippen molar-refractivity contribution in [2.24, 2.45) is 0 Å². The van der Waals surface area contributed by atoms with Crippen molar-refractivity contribution in [1.82, 2.24) is 10.2 Å². The van der Waals surface area contributed by atoms with E-state index in [0.717, 1.165) is 13.0 Å². The van der Waals surface area contributed by atoms with Gasteiger partial charge >= 0.3 is 0 Å². The maximum absolute atomic E-state index is 12.1. The van der Waals surface area contributed by atoms with Crippen molar-refractivity contribution in [1.29, 1.82) is 0 Å². The molecule has 112 valence electrons. The van der Waals surface area contributed by atoms with Gasteiger partial charge in [0.25, 0.3) is 5.91 Å². The molecule has 0 saturated carbocycles. The van der Waals surface area contributed by atoms with E-state index in [9.17, 15) is 13.2 Å². The highest BCUT2D eigenvalue weighted by Gasteiger charge is 2.19. The third kappa shape index (κ3) is 4.61. The lowest BCUT2D eigenvalue weighted by atomic mass is 10.2. The second-order valence-corrected chi connectivity index (χ2v) is 7.06. The van der Waals surface area contributed by atoms with E-state index in [1.165, 1.54) is 6.07 Å². The molecule has 0 radical (unpaired) electrons. The van der Waals surface area contributed by atoms with E-state index < -0.39 is 9.84 Å². The smallest absolute Gasteiger partial charge is 0.252 e. The van der Waals surface area contributed by atoms with Gasteiger partial charge in [0.1, 0.15) is 0 Å². The number of nitrogens with one attached hydrogen (secondary N) is 1. The Kier molecular flexibility index (Phi) is 6.16. The number of rotatable bonds is 7. The molecule has 0 saturated heterocycles. The molecule has 1 N–H and O–H groups in total. The number of amides is 1. The molecule has 0 bridgehead atoms. The van der Waals surface area contributed by atoms with Crippen LogP contribution in [-0.2, 0) is 9.84 Å². The second kappa shape index (κ2) is 7.40. The molecule has 0 aliphatic rings. The predicted octanol–water partition coefficient (Wildman–Crippen LogP) is 1.16. The van der Waals surface area contributed by atoms with E-state index in [4.69, 9.17) is 0 Å². The fourth-order valence-corrected chi connectivity index (χ4v) is 2.87. The minimum atomic E-state index is -3.39. The SMILES string of the molecule is CCS(=O)(=O)c1ccccc1C(=O)NCCCN(C)C. The number of hydrogen-bond donors (Lipinski definition) is 1. The van der Waals surface area contributed by atoms with Crippen LogP contribution in [0.1, 0.15) is 23.7 Å². The first-order valence-corrected chi connectivity index (χ1v) is 8.28. The van der Waals surface area contributed by atoms with Gasteiger partial charge in [-0.3, -0.25) is 4.79 Å². The summed E-state index contributed by atoms with van der Waals surface area (Å²) < 4.78 is 23.9.